The van der Waals surface area contributed by atoms with Crippen LogP contribution in [0.2, 0.25) is 0 Å². The first kappa shape index (κ1) is 20.0. The van der Waals surface area contributed by atoms with Gasteiger partial charge < -0.3 is 10.2 Å². The summed E-state index contributed by atoms with van der Waals surface area (Å²) in [5.74, 6) is -0.461. The molecule has 7 nitrogen and oxygen atoms in total. The summed E-state index contributed by atoms with van der Waals surface area (Å²) in [6.45, 7) is 7.21. The number of nitrogens with zero attached hydrogens (tertiary/aromatic N) is 4. The van der Waals surface area contributed by atoms with Gasteiger partial charge in [-0.25, -0.2) is 4.39 Å². The predicted octanol–water partition coefficient (Wildman–Crippen LogP) is 1.81. The molecular weight excluding hydrogens is 361 g/mol. The zero-order valence-corrected chi connectivity index (χ0v) is 16.3. The van der Waals surface area contributed by atoms with Crippen molar-refractivity contribution in [1.29, 1.82) is 0 Å². The lowest BCUT2D eigenvalue weighted by Crippen LogP contribution is -2.50. The minimum absolute atomic E-state index is 0.108. The zero-order chi connectivity index (χ0) is 20.1. The summed E-state index contributed by atoms with van der Waals surface area (Å²) in [5.41, 5.74) is 2.46. The average Bonchev–Trinajstić information content (AvgIpc) is 2.97. The third-order valence-corrected chi connectivity index (χ3v) is 4.84. The van der Waals surface area contributed by atoms with Gasteiger partial charge >= 0.3 is 0 Å². The number of aromatic nitrogens is 2. The molecule has 8 heteroatoms. The number of carbonyl (C=O) groups excluding carboxylic acids is 2. The summed E-state index contributed by atoms with van der Waals surface area (Å²) in [6, 6.07) is 7.83. The topological polar surface area (TPSA) is 70.5 Å². The molecule has 2 aromatic rings. The molecule has 2 heterocycles. The molecular formula is C20H26FN5O2. The molecule has 28 heavy (non-hydrogen) atoms. The Hall–Kier alpha value is -2.74. The van der Waals surface area contributed by atoms with Gasteiger partial charge in [0.05, 0.1) is 12.2 Å². The standard InChI is InChI=1S/C20H26FN5O2/c1-15-12-16(2)26(23-15)7-6-20(28)25-10-8-24(9-11-25)14-19(27)22-18-5-3-4-17(21)13-18/h3-5,12-13H,6-11,14H2,1-2H3,(H,22,27). The van der Waals surface area contributed by atoms with E-state index < -0.39 is 0 Å². The number of anilines is 1. The number of hydrogen-bond donors (Lipinski definition) is 1. The van der Waals surface area contributed by atoms with Gasteiger partial charge in [0.1, 0.15) is 5.82 Å². The first-order valence-electron chi connectivity index (χ1n) is 9.47. The fourth-order valence-electron chi connectivity index (χ4n) is 3.39. The molecule has 3 rings (SSSR count). The Morgan fingerprint density at radius 2 is 1.89 bits per heavy atom. The van der Waals surface area contributed by atoms with Crippen LogP contribution in [0.15, 0.2) is 30.3 Å². The number of benzene rings is 1. The van der Waals surface area contributed by atoms with E-state index in [9.17, 15) is 14.0 Å². The van der Waals surface area contributed by atoms with Crippen LogP contribution in [0.4, 0.5) is 10.1 Å². The first-order valence-corrected chi connectivity index (χ1v) is 9.47. The fraction of sp³-hybridized carbons (Fsp3) is 0.450. The Labute approximate surface area is 164 Å². The molecule has 1 N–H and O–H groups in total. The minimum atomic E-state index is -0.384. The maximum absolute atomic E-state index is 13.2. The Morgan fingerprint density at radius 1 is 1.14 bits per heavy atom. The molecule has 1 saturated heterocycles. The van der Waals surface area contributed by atoms with E-state index >= 15 is 0 Å². The molecule has 1 aliphatic heterocycles. The molecule has 0 saturated carbocycles. The van der Waals surface area contributed by atoms with Crippen molar-refractivity contribution in [2.24, 2.45) is 0 Å². The lowest BCUT2D eigenvalue weighted by molar-refractivity contribution is -0.133. The van der Waals surface area contributed by atoms with Gasteiger partial charge in [-0.2, -0.15) is 5.10 Å². The number of carbonyl (C=O) groups is 2. The third-order valence-electron chi connectivity index (χ3n) is 4.84. The fourth-order valence-corrected chi connectivity index (χ4v) is 3.39. The zero-order valence-electron chi connectivity index (χ0n) is 16.3. The lowest BCUT2D eigenvalue weighted by Gasteiger charge is -2.34. The smallest absolute Gasteiger partial charge is 0.238 e. The quantitative estimate of drug-likeness (QED) is 0.821. The van der Waals surface area contributed by atoms with Gasteiger partial charge in [0.2, 0.25) is 11.8 Å². The van der Waals surface area contributed by atoms with Crippen molar-refractivity contribution in [1.82, 2.24) is 19.6 Å². The number of amides is 2. The van der Waals surface area contributed by atoms with E-state index in [4.69, 9.17) is 0 Å². The molecule has 0 atom stereocenters. The lowest BCUT2D eigenvalue weighted by atomic mass is 10.2. The first-order chi connectivity index (χ1) is 13.4. The predicted molar refractivity (Wildman–Crippen MR) is 104 cm³/mol. The van der Waals surface area contributed by atoms with Crippen LogP contribution in [0.25, 0.3) is 0 Å². The molecule has 0 radical (unpaired) electrons. The molecule has 1 aromatic carbocycles. The molecule has 1 aliphatic rings. The second-order valence-electron chi connectivity index (χ2n) is 7.12. The summed E-state index contributed by atoms with van der Waals surface area (Å²) < 4.78 is 15.0. The van der Waals surface area contributed by atoms with Crippen LogP contribution in [0.1, 0.15) is 17.8 Å². The highest BCUT2D eigenvalue weighted by Gasteiger charge is 2.22. The van der Waals surface area contributed by atoms with E-state index in [2.05, 4.69) is 10.4 Å². The van der Waals surface area contributed by atoms with Crippen molar-refractivity contribution in [3.05, 3.63) is 47.5 Å². The highest BCUT2D eigenvalue weighted by Crippen LogP contribution is 2.10. The van der Waals surface area contributed by atoms with Crippen molar-refractivity contribution in [2.75, 3.05) is 38.0 Å². The number of hydrogen-bond acceptors (Lipinski definition) is 4. The molecule has 2 amide bonds. The summed E-state index contributed by atoms with van der Waals surface area (Å²) in [6.07, 6.45) is 0.419. The second kappa shape index (κ2) is 8.97. The summed E-state index contributed by atoms with van der Waals surface area (Å²) in [5, 5.41) is 7.08. The van der Waals surface area contributed by atoms with Crippen molar-refractivity contribution in [2.45, 2.75) is 26.8 Å². The molecule has 0 aliphatic carbocycles. The maximum Gasteiger partial charge on any atom is 0.238 e. The molecule has 150 valence electrons. The Morgan fingerprint density at radius 3 is 2.54 bits per heavy atom. The Balaban J connectivity index is 1.40. The van der Waals surface area contributed by atoms with Crippen molar-refractivity contribution in [3.8, 4) is 0 Å². The Bertz CT molecular complexity index is 843. The van der Waals surface area contributed by atoms with Gasteiger partial charge in [-0.15, -0.1) is 0 Å². The van der Waals surface area contributed by atoms with Gasteiger partial charge in [0.25, 0.3) is 0 Å². The van der Waals surface area contributed by atoms with Crippen LogP contribution in [0.5, 0.6) is 0 Å². The van der Waals surface area contributed by atoms with Crippen LogP contribution >= 0.6 is 0 Å². The largest absolute Gasteiger partial charge is 0.340 e. The van der Waals surface area contributed by atoms with Crippen molar-refractivity contribution < 1.29 is 14.0 Å². The number of rotatable bonds is 6. The van der Waals surface area contributed by atoms with E-state index in [1.54, 1.807) is 12.1 Å². The van der Waals surface area contributed by atoms with Gasteiger partial charge in [0, 0.05) is 50.5 Å². The van der Waals surface area contributed by atoms with E-state index in [0.29, 0.717) is 44.8 Å². The third kappa shape index (κ3) is 5.39. The number of halogens is 1. The van der Waals surface area contributed by atoms with Crippen LogP contribution in [-0.4, -0.2) is 64.1 Å². The molecule has 1 aromatic heterocycles. The average molecular weight is 387 g/mol. The summed E-state index contributed by atoms with van der Waals surface area (Å²) in [4.78, 5) is 28.4. The number of nitrogens with one attached hydrogen (secondary N) is 1. The van der Waals surface area contributed by atoms with Gasteiger partial charge in [-0.3, -0.25) is 19.2 Å². The van der Waals surface area contributed by atoms with Crippen molar-refractivity contribution >= 4 is 17.5 Å². The molecule has 1 fully saturated rings. The van der Waals surface area contributed by atoms with Gasteiger partial charge in [-0.05, 0) is 38.1 Å². The highest BCUT2D eigenvalue weighted by atomic mass is 19.1. The van der Waals surface area contributed by atoms with E-state index in [1.165, 1.54) is 12.1 Å². The normalized spacial score (nSPS) is 14.9. The molecule has 0 unspecified atom stereocenters. The van der Waals surface area contributed by atoms with Crippen molar-refractivity contribution in [3.63, 3.8) is 0 Å². The monoisotopic (exact) mass is 387 g/mol. The molecule has 0 spiro atoms. The van der Waals surface area contributed by atoms with Gasteiger partial charge in [0.15, 0.2) is 0 Å². The minimum Gasteiger partial charge on any atom is -0.340 e. The van der Waals surface area contributed by atoms with Gasteiger partial charge in [-0.1, -0.05) is 6.07 Å². The van der Waals surface area contributed by atoms with E-state index in [1.807, 2.05) is 34.4 Å². The van der Waals surface area contributed by atoms with Crippen LogP contribution in [0.3, 0.4) is 0 Å². The second-order valence-corrected chi connectivity index (χ2v) is 7.12. The molecule has 0 bridgehead atoms. The van der Waals surface area contributed by atoms with Crippen LogP contribution in [-0.2, 0) is 16.1 Å². The highest BCUT2D eigenvalue weighted by molar-refractivity contribution is 5.92. The number of piperazine rings is 1. The van der Waals surface area contributed by atoms with Crippen LogP contribution < -0.4 is 5.32 Å². The SMILES string of the molecule is Cc1cc(C)n(CCC(=O)N2CCN(CC(=O)Nc3cccc(F)c3)CC2)n1. The number of aryl methyl sites for hydroxylation is 3. The van der Waals surface area contributed by atoms with E-state index in [-0.39, 0.29) is 24.2 Å². The summed E-state index contributed by atoms with van der Waals surface area (Å²) >= 11 is 0. The summed E-state index contributed by atoms with van der Waals surface area (Å²) in [7, 11) is 0. The maximum atomic E-state index is 13.2. The van der Waals surface area contributed by atoms with Crippen LogP contribution in [0, 0.1) is 19.7 Å². The Kier molecular flexibility index (Phi) is 6.41. The van der Waals surface area contributed by atoms with E-state index in [0.717, 1.165) is 11.4 Å².